The molecule has 1 unspecified atom stereocenters. The van der Waals surface area contributed by atoms with Crippen LogP contribution in [0.3, 0.4) is 0 Å². The van der Waals surface area contributed by atoms with E-state index in [0.717, 1.165) is 49.2 Å². The average molecular weight is 640 g/mol. The lowest BCUT2D eigenvalue weighted by molar-refractivity contribution is -0.135. The molecule has 4 atom stereocenters. The molecule has 3 N–H and O–H groups in total. The molecule has 2 heterocycles. The number of carbonyl (C=O) groups is 2. The average Bonchev–Trinajstić information content (AvgIpc) is 3.66. The fraction of sp³-hybridized carbons (Fsp3) is 0.600. The number of hydrogen-bond donors (Lipinski definition) is 3. The molecule has 248 valence electrons. The number of anilines is 2. The molecule has 2 amide bonds. The van der Waals surface area contributed by atoms with Crippen LogP contribution >= 0.6 is 0 Å². The minimum atomic E-state index is -3.79. The maximum absolute atomic E-state index is 13.9. The number of nitrogens with one attached hydrogen (secondary N) is 3. The van der Waals surface area contributed by atoms with E-state index in [2.05, 4.69) is 33.2 Å². The van der Waals surface area contributed by atoms with Gasteiger partial charge in [-0.2, -0.15) is 0 Å². The van der Waals surface area contributed by atoms with Gasteiger partial charge in [-0.15, -0.1) is 0 Å². The van der Waals surface area contributed by atoms with Crippen molar-refractivity contribution in [2.75, 3.05) is 29.1 Å². The Morgan fingerprint density at radius 2 is 1.69 bits per heavy atom. The third kappa shape index (κ3) is 9.69. The van der Waals surface area contributed by atoms with Gasteiger partial charge < -0.3 is 20.4 Å². The van der Waals surface area contributed by atoms with Crippen molar-refractivity contribution in [2.24, 2.45) is 5.92 Å². The summed E-state index contributed by atoms with van der Waals surface area (Å²) in [7, 11) is -3.79. The fourth-order valence-electron chi connectivity index (χ4n) is 6.41. The maximum Gasteiger partial charge on any atom is 0.239 e. The van der Waals surface area contributed by atoms with Crippen LogP contribution in [0, 0.1) is 5.92 Å². The van der Waals surface area contributed by atoms with Crippen LogP contribution in [-0.2, 0) is 19.6 Å². The van der Waals surface area contributed by atoms with Crippen molar-refractivity contribution in [3.05, 3.63) is 60.2 Å². The second-order valence-corrected chi connectivity index (χ2v) is 14.9. The molecule has 0 bridgehead atoms. The van der Waals surface area contributed by atoms with E-state index in [4.69, 9.17) is 0 Å². The molecule has 0 aliphatic carbocycles. The molecule has 1 fully saturated rings. The highest BCUT2D eigenvalue weighted by atomic mass is 32.2. The molecule has 1 saturated heterocycles. The molecular weight excluding hydrogens is 586 g/mol. The highest BCUT2D eigenvalue weighted by Crippen LogP contribution is 2.36. The predicted octanol–water partition coefficient (Wildman–Crippen LogP) is 5.81. The Hall–Kier alpha value is -3.11. The first-order chi connectivity index (χ1) is 21.6. The van der Waals surface area contributed by atoms with Crippen LogP contribution in [0.4, 0.5) is 11.4 Å². The monoisotopic (exact) mass is 639 g/mol. The SMILES string of the molecule is CCCCCCCN1c2ccccc2NC1[C@H](C)NC(=O)[C@H](CC(=O)N1CCC[C@@H]1c1ccccc1)NS(=O)(=O)CCC(C)C. The summed E-state index contributed by atoms with van der Waals surface area (Å²) in [6.45, 7) is 9.50. The maximum atomic E-state index is 13.9. The number of fused-ring (bicyclic) bond motifs is 1. The van der Waals surface area contributed by atoms with Gasteiger partial charge in [0.2, 0.25) is 21.8 Å². The van der Waals surface area contributed by atoms with Crippen molar-refractivity contribution in [3.8, 4) is 0 Å². The van der Waals surface area contributed by atoms with Crippen molar-refractivity contribution in [1.29, 1.82) is 0 Å². The largest absolute Gasteiger partial charge is 0.362 e. The number of likely N-dealkylation sites (tertiary alicyclic amines) is 1. The summed E-state index contributed by atoms with van der Waals surface area (Å²) in [6.07, 6.45) is 7.53. The molecular formula is C35H53N5O4S. The zero-order valence-electron chi connectivity index (χ0n) is 27.5. The van der Waals surface area contributed by atoms with E-state index in [1.807, 2.05) is 69.3 Å². The van der Waals surface area contributed by atoms with Crippen LogP contribution in [0.25, 0.3) is 0 Å². The Morgan fingerprint density at radius 1 is 0.978 bits per heavy atom. The third-order valence-corrected chi connectivity index (χ3v) is 10.4. The summed E-state index contributed by atoms with van der Waals surface area (Å²) in [6, 6.07) is 16.4. The summed E-state index contributed by atoms with van der Waals surface area (Å²) in [5.74, 6) is -0.615. The Labute approximate surface area is 270 Å². The highest BCUT2D eigenvalue weighted by molar-refractivity contribution is 7.89. The molecule has 0 radical (unpaired) electrons. The van der Waals surface area contributed by atoms with Crippen LogP contribution in [0.2, 0.25) is 0 Å². The standard InChI is InChI=1S/C35H53N5O4S/c1-5-6-7-8-14-22-40-32-19-13-12-18-29(32)37-34(40)27(4)36-35(42)30(38-45(43,44)24-21-26(2)3)25-33(41)39-23-15-20-31(39)28-16-10-9-11-17-28/h9-13,16-19,26-27,30-31,34,37-38H,5-8,14-15,20-25H2,1-4H3,(H,36,42)/t27-,30-,31+,34?/m0/s1. The smallest absolute Gasteiger partial charge is 0.239 e. The fourth-order valence-corrected chi connectivity index (χ4v) is 7.93. The van der Waals surface area contributed by atoms with Crippen LogP contribution in [0.5, 0.6) is 0 Å². The molecule has 0 aromatic heterocycles. The van der Waals surface area contributed by atoms with E-state index in [9.17, 15) is 18.0 Å². The van der Waals surface area contributed by atoms with Crippen LogP contribution in [0.15, 0.2) is 54.6 Å². The third-order valence-electron chi connectivity index (χ3n) is 8.94. The molecule has 4 rings (SSSR count). The van der Waals surface area contributed by atoms with Crippen LogP contribution in [0.1, 0.15) is 97.1 Å². The van der Waals surface area contributed by atoms with Crippen LogP contribution < -0.4 is 20.3 Å². The van der Waals surface area contributed by atoms with Gasteiger partial charge in [0.25, 0.3) is 0 Å². The molecule has 0 spiro atoms. The molecule has 9 nitrogen and oxygen atoms in total. The van der Waals surface area contributed by atoms with E-state index in [1.165, 1.54) is 19.3 Å². The van der Waals surface area contributed by atoms with Crippen LogP contribution in [-0.4, -0.2) is 62.2 Å². The van der Waals surface area contributed by atoms with Gasteiger partial charge in [0, 0.05) is 13.1 Å². The highest BCUT2D eigenvalue weighted by Gasteiger charge is 2.37. The second-order valence-electron chi connectivity index (χ2n) is 13.0. The number of unbranched alkanes of at least 4 members (excludes halogenated alkanes) is 4. The minimum Gasteiger partial charge on any atom is -0.362 e. The van der Waals surface area contributed by atoms with E-state index in [0.29, 0.717) is 13.0 Å². The van der Waals surface area contributed by atoms with E-state index in [-0.39, 0.29) is 42.2 Å². The summed E-state index contributed by atoms with van der Waals surface area (Å²) in [5.41, 5.74) is 3.16. The predicted molar refractivity (Wildman–Crippen MR) is 182 cm³/mol. The quantitative estimate of drug-likeness (QED) is 0.189. The lowest BCUT2D eigenvalue weighted by atomic mass is 10.0. The van der Waals surface area contributed by atoms with Gasteiger partial charge in [-0.3, -0.25) is 9.59 Å². The summed E-state index contributed by atoms with van der Waals surface area (Å²) in [5, 5.41) is 6.65. The van der Waals surface area contributed by atoms with Gasteiger partial charge in [-0.05, 0) is 56.2 Å². The van der Waals surface area contributed by atoms with E-state index in [1.54, 1.807) is 4.90 Å². The zero-order valence-corrected chi connectivity index (χ0v) is 28.3. The van der Waals surface area contributed by atoms with Crippen molar-refractivity contribution in [1.82, 2.24) is 14.9 Å². The van der Waals surface area contributed by atoms with E-state index < -0.39 is 22.0 Å². The van der Waals surface area contributed by atoms with Gasteiger partial charge >= 0.3 is 0 Å². The zero-order chi connectivity index (χ0) is 32.4. The van der Waals surface area contributed by atoms with Gasteiger partial charge in [0.1, 0.15) is 12.2 Å². The number of benzene rings is 2. The molecule has 45 heavy (non-hydrogen) atoms. The molecule has 2 aliphatic rings. The lowest BCUT2D eigenvalue weighted by Gasteiger charge is -2.33. The molecule has 2 aromatic carbocycles. The first-order valence-corrected chi connectivity index (χ1v) is 18.5. The van der Waals surface area contributed by atoms with Gasteiger partial charge in [0.05, 0.1) is 35.6 Å². The summed E-state index contributed by atoms with van der Waals surface area (Å²) in [4.78, 5) is 31.7. The Balaban J connectivity index is 1.49. The lowest BCUT2D eigenvalue weighted by Crippen LogP contribution is -2.57. The van der Waals surface area contributed by atoms with Crippen molar-refractivity contribution < 1.29 is 18.0 Å². The number of amides is 2. The number of hydrogen-bond acceptors (Lipinski definition) is 6. The van der Waals surface area contributed by atoms with Crippen molar-refractivity contribution in [2.45, 2.75) is 110 Å². The number of rotatable bonds is 17. The Bertz CT molecular complexity index is 1350. The Kier molecular flexibility index (Phi) is 12.7. The first-order valence-electron chi connectivity index (χ1n) is 16.9. The number of carbonyl (C=O) groups excluding carboxylic acids is 2. The van der Waals surface area contributed by atoms with Gasteiger partial charge in [0.15, 0.2) is 0 Å². The molecule has 10 heteroatoms. The normalized spacial score (nSPS) is 19.3. The van der Waals surface area contributed by atoms with Crippen molar-refractivity contribution >= 4 is 33.2 Å². The molecule has 2 aromatic rings. The minimum absolute atomic E-state index is 0.0778. The van der Waals surface area contributed by atoms with E-state index >= 15 is 0 Å². The van der Waals surface area contributed by atoms with Gasteiger partial charge in [-0.1, -0.05) is 88.9 Å². The Morgan fingerprint density at radius 3 is 2.42 bits per heavy atom. The summed E-state index contributed by atoms with van der Waals surface area (Å²) < 4.78 is 28.9. The van der Waals surface area contributed by atoms with Crippen molar-refractivity contribution in [3.63, 3.8) is 0 Å². The molecule has 2 aliphatic heterocycles. The molecule has 0 saturated carbocycles. The number of sulfonamides is 1. The summed E-state index contributed by atoms with van der Waals surface area (Å²) >= 11 is 0. The topological polar surface area (TPSA) is 111 Å². The number of nitrogens with zero attached hydrogens (tertiary/aromatic N) is 2. The number of para-hydroxylation sites is 2. The first kappa shape index (κ1) is 34.8. The van der Waals surface area contributed by atoms with Gasteiger partial charge in [-0.25, -0.2) is 13.1 Å². The second kappa shape index (κ2) is 16.5.